The minimum atomic E-state index is -0.0463. The summed E-state index contributed by atoms with van der Waals surface area (Å²) in [7, 11) is 0. The molecule has 1 atom stereocenters. The number of ether oxygens (including phenoxy) is 1. The molecule has 1 aliphatic heterocycles. The van der Waals surface area contributed by atoms with Gasteiger partial charge in [-0.3, -0.25) is 4.99 Å². The Bertz CT molecular complexity index is 710. The summed E-state index contributed by atoms with van der Waals surface area (Å²) >= 11 is 0. The molecule has 0 saturated carbocycles. The minimum absolute atomic E-state index is 0. The number of aliphatic hydroxyl groups excluding tert-OH is 1. The molecule has 3 rings (SSSR count). The summed E-state index contributed by atoms with van der Waals surface area (Å²) in [5.41, 5.74) is 2.51. The van der Waals surface area contributed by atoms with Crippen LogP contribution in [0.3, 0.4) is 0 Å². The van der Waals surface area contributed by atoms with Crippen LogP contribution in [-0.2, 0) is 4.74 Å². The second-order valence-electron chi connectivity index (χ2n) is 7.73. The Balaban J connectivity index is 0.00000320. The van der Waals surface area contributed by atoms with E-state index in [0.29, 0.717) is 13.2 Å². The number of aliphatic imine (C=N–C) groups is 1. The third-order valence-corrected chi connectivity index (χ3v) is 5.62. The van der Waals surface area contributed by atoms with E-state index in [2.05, 4.69) is 78.2 Å². The first kappa shape index (κ1) is 24.6. The van der Waals surface area contributed by atoms with Crippen LogP contribution in [0.2, 0.25) is 0 Å². The molecule has 1 saturated heterocycles. The van der Waals surface area contributed by atoms with Gasteiger partial charge >= 0.3 is 0 Å². The van der Waals surface area contributed by atoms with Gasteiger partial charge in [-0.25, -0.2) is 0 Å². The van der Waals surface area contributed by atoms with E-state index in [1.807, 2.05) is 0 Å². The number of rotatable bonds is 9. The van der Waals surface area contributed by atoms with Crippen LogP contribution in [0.15, 0.2) is 65.7 Å². The molecule has 3 N–H and O–H groups in total. The van der Waals surface area contributed by atoms with E-state index in [9.17, 15) is 5.11 Å². The number of nitrogens with one attached hydrogen (secondary N) is 2. The maximum absolute atomic E-state index is 9.45. The van der Waals surface area contributed by atoms with E-state index in [4.69, 9.17) is 9.73 Å². The quantitative estimate of drug-likeness (QED) is 0.266. The van der Waals surface area contributed by atoms with Crippen LogP contribution in [0.25, 0.3) is 0 Å². The van der Waals surface area contributed by atoms with E-state index in [-0.39, 0.29) is 41.9 Å². The van der Waals surface area contributed by atoms with Crippen LogP contribution in [0.4, 0.5) is 0 Å². The molecule has 0 bridgehead atoms. The number of benzene rings is 2. The summed E-state index contributed by atoms with van der Waals surface area (Å²) in [6.45, 7) is 5.89. The molecule has 0 aromatic heterocycles. The molecule has 0 aliphatic carbocycles. The molecule has 1 aliphatic rings. The molecule has 0 radical (unpaired) electrons. The molecule has 5 nitrogen and oxygen atoms in total. The Labute approximate surface area is 197 Å². The van der Waals surface area contributed by atoms with Crippen LogP contribution in [0.5, 0.6) is 0 Å². The van der Waals surface area contributed by atoms with Gasteiger partial charge in [0.2, 0.25) is 0 Å². The highest BCUT2D eigenvalue weighted by Gasteiger charge is 2.34. The largest absolute Gasteiger partial charge is 0.396 e. The zero-order valence-electron chi connectivity index (χ0n) is 17.7. The molecule has 1 heterocycles. The van der Waals surface area contributed by atoms with Gasteiger partial charge in [0.1, 0.15) is 0 Å². The van der Waals surface area contributed by atoms with Crippen molar-refractivity contribution in [3.8, 4) is 0 Å². The predicted octanol–water partition coefficient (Wildman–Crippen LogP) is 3.78. The summed E-state index contributed by atoms with van der Waals surface area (Å²) < 4.78 is 5.60. The lowest BCUT2D eigenvalue weighted by atomic mass is 9.84. The van der Waals surface area contributed by atoms with Crippen LogP contribution in [0, 0.1) is 5.41 Å². The molecule has 0 amide bonds. The molecular formula is C24H34IN3O2. The first-order valence-corrected chi connectivity index (χ1v) is 10.6. The Morgan fingerprint density at radius 2 is 1.70 bits per heavy atom. The van der Waals surface area contributed by atoms with Gasteiger partial charge in [0.25, 0.3) is 0 Å². The van der Waals surface area contributed by atoms with Crippen LogP contribution < -0.4 is 10.6 Å². The maximum atomic E-state index is 9.45. The SMILES string of the molecule is CCNC(=NCC1(CCO)CCOC1)NCC(c1ccccc1)c1ccccc1.I. The fraction of sp³-hybridized carbons (Fsp3) is 0.458. The molecule has 1 fully saturated rings. The average Bonchev–Trinajstić information content (AvgIpc) is 3.23. The summed E-state index contributed by atoms with van der Waals surface area (Å²) in [6, 6.07) is 21.2. The third-order valence-electron chi connectivity index (χ3n) is 5.62. The Kier molecular flexibility index (Phi) is 10.6. The molecule has 2 aromatic rings. The highest BCUT2D eigenvalue weighted by molar-refractivity contribution is 14.0. The second-order valence-corrected chi connectivity index (χ2v) is 7.73. The van der Waals surface area contributed by atoms with Gasteiger partial charge in [0, 0.05) is 37.6 Å². The fourth-order valence-electron chi connectivity index (χ4n) is 3.87. The first-order chi connectivity index (χ1) is 14.3. The van der Waals surface area contributed by atoms with Crippen molar-refractivity contribution in [1.82, 2.24) is 10.6 Å². The van der Waals surface area contributed by atoms with Crippen LogP contribution in [0.1, 0.15) is 36.8 Å². The van der Waals surface area contributed by atoms with E-state index in [1.54, 1.807) is 0 Å². The summed E-state index contributed by atoms with van der Waals surface area (Å²) in [6.07, 6.45) is 1.68. The Morgan fingerprint density at radius 1 is 1.07 bits per heavy atom. The van der Waals surface area contributed by atoms with Gasteiger partial charge in [-0.05, 0) is 30.9 Å². The maximum Gasteiger partial charge on any atom is 0.191 e. The van der Waals surface area contributed by atoms with Crippen molar-refractivity contribution in [2.24, 2.45) is 10.4 Å². The van der Waals surface area contributed by atoms with Crippen molar-refractivity contribution in [3.05, 3.63) is 71.8 Å². The standard InChI is InChI=1S/C24H33N3O2.HI/c1-2-25-23(27-18-24(13-15-28)14-16-29-19-24)26-17-22(20-9-5-3-6-10-20)21-11-7-4-8-12-21;/h3-12,22,28H,2,13-19H2,1H3,(H2,25,26,27);1H. The monoisotopic (exact) mass is 523 g/mol. The molecule has 30 heavy (non-hydrogen) atoms. The normalized spacial score (nSPS) is 18.8. The topological polar surface area (TPSA) is 65.9 Å². The summed E-state index contributed by atoms with van der Waals surface area (Å²) in [4.78, 5) is 4.85. The van der Waals surface area contributed by atoms with Crippen molar-refractivity contribution in [3.63, 3.8) is 0 Å². The van der Waals surface area contributed by atoms with Gasteiger partial charge in [-0.2, -0.15) is 0 Å². The van der Waals surface area contributed by atoms with Crippen molar-refractivity contribution < 1.29 is 9.84 Å². The Hall–Kier alpha value is -1.64. The summed E-state index contributed by atoms with van der Waals surface area (Å²) in [5, 5.41) is 16.3. The number of aliphatic hydroxyl groups is 1. The van der Waals surface area contributed by atoms with Gasteiger partial charge < -0.3 is 20.5 Å². The zero-order valence-corrected chi connectivity index (χ0v) is 20.0. The van der Waals surface area contributed by atoms with Crippen LogP contribution >= 0.6 is 24.0 Å². The molecule has 164 valence electrons. The lowest BCUT2D eigenvalue weighted by Gasteiger charge is -2.25. The number of halogens is 1. The molecular weight excluding hydrogens is 489 g/mol. The summed E-state index contributed by atoms with van der Waals surface area (Å²) in [5.74, 6) is 1.05. The first-order valence-electron chi connectivity index (χ1n) is 10.6. The highest BCUT2D eigenvalue weighted by Crippen LogP contribution is 2.32. The van der Waals surface area contributed by atoms with Gasteiger partial charge in [0.15, 0.2) is 5.96 Å². The smallest absolute Gasteiger partial charge is 0.191 e. The number of nitrogens with zero attached hydrogens (tertiary/aromatic N) is 1. The average molecular weight is 523 g/mol. The highest BCUT2D eigenvalue weighted by atomic mass is 127. The van der Waals surface area contributed by atoms with Gasteiger partial charge in [0.05, 0.1) is 13.2 Å². The van der Waals surface area contributed by atoms with E-state index in [0.717, 1.165) is 38.5 Å². The number of hydrogen-bond donors (Lipinski definition) is 3. The van der Waals surface area contributed by atoms with E-state index < -0.39 is 0 Å². The lowest BCUT2D eigenvalue weighted by molar-refractivity contribution is 0.131. The van der Waals surface area contributed by atoms with Gasteiger partial charge in [-0.1, -0.05) is 60.7 Å². The van der Waals surface area contributed by atoms with Crippen molar-refractivity contribution in [2.75, 3.05) is 39.5 Å². The molecule has 0 spiro atoms. The van der Waals surface area contributed by atoms with Crippen molar-refractivity contribution in [1.29, 1.82) is 0 Å². The molecule has 2 aromatic carbocycles. The zero-order chi connectivity index (χ0) is 20.4. The van der Waals surface area contributed by atoms with E-state index in [1.165, 1.54) is 11.1 Å². The lowest BCUT2D eigenvalue weighted by Crippen LogP contribution is -2.40. The number of hydrogen-bond acceptors (Lipinski definition) is 3. The van der Waals surface area contributed by atoms with Crippen LogP contribution in [-0.4, -0.2) is 50.5 Å². The Morgan fingerprint density at radius 3 is 2.20 bits per heavy atom. The minimum Gasteiger partial charge on any atom is -0.396 e. The number of guanidine groups is 1. The third kappa shape index (κ3) is 6.96. The predicted molar refractivity (Wildman–Crippen MR) is 134 cm³/mol. The van der Waals surface area contributed by atoms with Gasteiger partial charge in [-0.15, -0.1) is 24.0 Å². The second kappa shape index (κ2) is 12.9. The fourth-order valence-corrected chi connectivity index (χ4v) is 3.87. The van der Waals surface area contributed by atoms with Crippen molar-refractivity contribution >= 4 is 29.9 Å². The van der Waals surface area contributed by atoms with Crippen molar-refractivity contribution in [2.45, 2.75) is 25.7 Å². The molecule has 6 heteroatoms. The van der Waals surface area contributed by atoms with E-state index >= 15 is 0 Å². The molecule has 1 unspecified atom stereocenters.